The van der Waals surface area contributed by atoms with Crippen molar-refractivity contribution in [3.05, 3.63) is 0 Å². The lowest BCUT2D eigenvalue weighted by atomic mass is 9.83. The summed E-state index contributed by atoms with van der Waals surface area (Å²) >= 11 is 0. The molecule has 4 nitrogen and oxygen atoms in total. The van der Waals surface area contributed by atoms with Crippen molar-refractivity contribution in [3.8, 4) is 0 Å². The molecule has 2 saturated carbocycles. The highest BCUT2D eigenvalue weighted by atomic mass is 16.3. The van der Waals surface area contributed by atoms with E-state index < -0.39 is 5.41 Å². The molecule has 0 aromatic heterocycles. The highest BCUT2D eigenvalue weighted by Crippen LogP contribution is 2.37. The Hall–Kier alpha value is -0.610. The van der Waals surface area contributed by atoms with E-state index in [0.717, 1.165) is 44.9 Å². The fourth-order valence-electron chi connectivity index (χ4n) is 3.33. The number of rotatable bonds is 3. The van der Waals surface area contributed by atoms with Gasteiger partial charge in [0.1, 0.15) is 0 Å². The molecule has 2 aliphatic rings. The molecule has 0 aliphatic heterocycles. The maximum atomic E-state index is 12.3. The summed E-state index contributed by atoms with van der Waals surface area (Å²) in [4.78, 5) is 12.3. The molecule has 1 amide bonds. The van der Waals surface area contributed by atoms with Gasteiger partial charge in [0.2, 0.25) is 5.91 Å². The number of hydrogen-bond donors (Lipinski definition) is 3. The standard InChI is InChI=1S/C14H26N2O2/c1-14(8-4-7-12(14)15)13(18)16-9-10-5-2-3-6-11(10)17/h10-12,17H,2-9,15H2,1H3,(H,16,18). The van der Waals surface area contributed by atoms with Crippen molar-refractivity contribution in [1.29, 1.82) is 0 Å². The summed E-state index contributed by atoms with van der Waals surface area (Å²) in [6, 6.07) is -0.0196. The average molecular weight is 254 g/mol. The van der Waals surface area contributed by atoms with Crippen molar-refractivity contribution in [3.63, 3.8) is 0 Å². The van der Waals surface area contributed by atoms with E-state index in [1.54, 1.807) is 0 Å². The Kier molecular flexibility index (Phi) is 4.28. The molecule has 0 aromatic rings. The van der Waals surface area contributed by atoms with Crippen LogP contribution in [-0.4, -0.2) is 29.7 Å². The van der Waals surface area contributed by atoms with Crippen molar-refractivity contribution in [2.45, 2.75) is 64.0 Å². The number of carbonyl (C=O) groups is 1. The van der Waals surface area contributed by atoms with E-state index >= 15 is 0 Å². The molecule has 2 fully saturated rings. The Morgan fingerprint density at radius 1 is 1.33 bits per heavy atom. The Labute approximate surface area is 109 Å². The van der Waals surface area contributed by atoms with Crippen LogP contribution in [0.15, 0.2) is 0 Å². The van der Waals surface area contributed by atoms with Crippen molar-refractivity contribution >= 4 is 5.91 Å². The monoisotopic (exact) mass is 254 g/mol. The van der Waals surface area contributed by atoms with Crippen LogP contribution in [-0.2, 0) is 4.79 Å². The average Bonchev–Trinajstić information content (AvgIpc) is 2.69. The van der Waals surface area contributed by atoms with Gasteiger partial charge < -0.3 is 16.2 Å². The zero-order valence-electron chi connectivity index (χ0n) is 11.3. The van der Waals surface area contributed by atoms with Gasteiger partial charge >= 0.3 is 0 Å². The maximum Gasteiger partial charge on any atom is 0.227 e. The zero-order valence-corrected chi connectivity index (χ0v) is 11.3. The van der Waals surface area contributed by atoms with Gasteiger partial charge in [-0.1, -0.05) is 19.3 Å². The Balaban J connectivity index is 1.84. The molecule has 0 spiro atoms. The van der Waals surface area contributed by atoms with Crippen LogP contribution < -0.4 is 11.1 Å². The lowest BCUT2D eigenvalue weighted by Crippen LogP contribution is -2.49. The molecule has 4 atom stereocenters. The van der Waals surface area contributed by atoms with Crippen molar-refractivity contribution in [2.24, 2.45) is 17.1 Å². The van der Waals surface area contributed by atoms with Crippen LogP contribution in [0.5, 0.6) is 0 Å². The summed E-state index contributed by atoms with van der Waals surface area (Å²) in [5.74, 6) is 0.300. The molecule has 104 valence electrons. The van der Waals surface area contributed by atoms with Gasteiger partial charge in [0.05, 0.1) is 11.5 Å². The van der Waals surface area contributed by atoms with Crippen LogP contribution in [0.25, 0.3) is 0 Å². The van der Waals surface area contributed by atoms with Gasteiger partial charge in [-0.05, 0) is 32.6 Å². The lowest BCUT2D eigenvalue weighted by Gasteiger charge is -2.31. The molecule has 0 aromatic carbocycles. The van der Waals surface area contributed by atoms with E-state index in [1.165, 1.54) is 0 Å². The number of amides is 1. The normalized spacial score (nSPS) is 40.7. The van der Waals surface area contributed by atoms with E-state index in [2.05, 4.69) is 5.32 Å². The minimum Gasteiger partial charge on any atom is -0.393 e. The van der Waals surface area contributed by atoms with E-state index in [1.807, 2.05) is 6.92 Å². The third-order valence-electron chi connectivity index (χ3n) is 4.94. The molecule has 4 N–H and O–H groups in total. The number of nitrogens with two attached hydrogens (primary N) is 1. The van der Waals surface area contributed by atoms with Gasteiger partial charge in [0.25, 0.3) is 0 Å². The van der Waals surface area contributed by atoms with E-state index in [0.29, 0.717) is 6.54 Å². The minimum absolute atomic E-state index is 0.0196. The Bertz CT molecular complexity index is 308. The van der Waals surface area contributed by atoms with Crippen LogP contribution >= 0.6 is 0 Å². The smallest absolute Gasteiger partial charge is 0.227 e. The molecule has 0 saturated heterocycles. The molecule has 0 bridgehead atoms. The third kappa shape index (κ3) is 2.69. The summed E-state index contributed by atoms with van der Waals surface area (Å²) < 4.78 is 0. The van der Waals surface area contributed by atoms with Crippen LogP contribution in [0.4, 0.5) is 0 Å². The molecular weight excluding hydrogens is 228 g/mol. The van der Waals surface area contributed by atoms with Crippen molar-refractivity contribution in [1.82, 2.24) is 5.32 Å². The first kappa shape index (κ1) is 13.8. The molecule has 0 radical (unpaired) electrons. The predicted octanol–water partition coefficient (Wildman–Crippen LogP) is 1.17. The second-order valence-electron chi connectivity index (χ2n) is 6.24. The Morgan fingerprint density at radius 2 is 2.06 bits per heavy atom. The van der Waals surface area contributed by atoms with E-state index in [-0.39, 0.29) is 24.0 Å². The quantitative estimate of drug-likeness (QED) is 0.707. The van der Waals surface area contributed by atoms with Gasteiger partial charge in [0, 0.05) is 18.5 Å². The molecule has 18 heavy (non-hydrogen) atoms. The summed E-state index contributed by atoms with van der Waals surface area (Å²) in [5, 5.41) is 12.9. The van der Waals surface area contributed by atoms with Crippen LogP contribution in [0, 0.1) is 11.3 Å². The highest BCUT2D eigenvalue weighted by molar-refractivity contribution is 5.83. The number of aliphatic hydroxyl groups is 1. The van der Waals surface area contributed by atoms with Gasteiger partial charge in [-0.3, -0.25) is 4.79 Å². The van der Waals surface area contributed by atoms with Crippen LogP contribution in [0.1, 0.15) is 51.9 Å². The third-order valence-corrected chi connectivity index (χ3v) is 4.94. The van der Waals surface area contributed by atoms with Crippen LogP contribution in [0.2, 0.25) is 0 Å². The lowest BCUT2D eigenvalue weighted by molar-refractivity contribution is -0.131. The molecule has 2 rings (SSSR count). The first-order chi connectivity index (χ1) is 8.54. The first-order valence-electron chi connectivity index (χ1n) is 7.26. The number of aliphatic hydroxyl groups excluding tert-OH is 1. The Morgan fingerprint density at radius 3 is 2.67 bits per heavy atom. The summed E-state index contributed by atoms with van der Waals surface area (Å²) in [5.41, 5.74) is 5.64. The predicted molar refractivity (Wildman–Crippen MR) is 70.9 cm³/mol. The maximum absolute atomic E-state index is 12.3. The van der Waals surface area contributed by atoms with Gasteiger partial charge in [-0.2, -0.15) is 0 Å². The van der Waals surface area contributed by atoms with Crippen molar-refractivity contribution in [2.75, 3.05) is 6.54 Å². The van der Waals surface area contributed by atoms with Gasteiger partial charge in [-0.15, -0.1) is 0 Å². The SMILES string of the molecule is CC1(C(=O)NCC2CCCCC2O)CCCC1N. The van der Waals surface area contributed by atoms with Crippen LogP contribution in [0.3, 0.4) is 0 Å². The minimum atomic E-state index is -0.403. The van der Waals surface area contributed by atoms with E-state index in [4.69, 9.17) is 5.73 Å². The largest absolute Gasteiger partial charge is 0.393 e. The molecular formula is C14H26N2O2. The number of carbonyl (C=O) groups excluding carboxylic acids is 1. The molecule has 4 heteroatoms. The molecule has 0 heterocycles. The molecule has 2 aliphatic carbocycles. The zero-order chi connectivity index (χ0) is 13.2. The number of nitrogens with one attached hydrogen (secondary N) is 1. The topological polar surface area (TPSA) is 75.3 Å². The fraction of sp³-hybridized carbons (Fsp3) is 0.929. The molecule has 4 unspecified atom stereocenters. The van der Waals surface area contributed by atoms with Gasteiger partial charge in [0.15, 0.2) is 0 Å². The van der Waals surface area contributed by atoms with E-state index in [9.17, 15) is 9.90 Å². The first-order valence-corrected chi connectivity index (χ1v) is 7.26. The highest BCUT2D eigenvalue weighted by Gasteiger charge is 2.43. The number of hydrogen-bond acceptors (Lipinski definition) is 3. The van der Waals surface area contributed by atoms with Gasteiger partial charge in [-0.25, -0.2) is 0 Å². The second-order valence-corrected chi connectivity index (χ2v) is 6.24. The summed E-state index contributed by atoms with van der Waals surface area (Å²) in [6.07, 6.45) is 6.77. The van der Waals surface area contributed by atoms with Crippen molar-refractivity contribution < 1.29 is 9.90 Å². The summed E-state index contributed by atoms with van der Waals surface area (Å²) in [6.45, 7) is 2.57. The fourth-order valence-corrected chi connectivity index (χ4v) is 3.33. The second kappa shape index (κ2) is 5.57. The summed E-state index contributed by atoms with van der Waals surface area (Å²) in [7, 11) is 0.